The highest BCUT2D eigenvalue weighted by Gasteiger charge is 2.08. The summed E-state index contributed by atoms with van der Waals surface area (Å²) in [6.07, 6.45) is 1.55. The molecule has 0 unspecified atom stereocenters. The Balaban J connectivity index is 2.69. The lowest BCUT2D eigenvalue weighted by atomic mass is 10.2. The number of aromatic nitrogens is 3. The third kappa shape index (κ3) is 1.24. The number of hydrogen-bond acceptors (Lipinski definition) is 2. The first kappa shape index (κ1) is 9.69. The predicted octanol–water partition coefficient (Wildman–Crippen LogP) is 2.48. The Labute approximate surface area is 99.4 Å². The highest BCUT2D eigenvalue weighted by Crippen LogP contribution is 2.27. The lowest BCUT2D eigenvalue weighted by Crippen LogP contribution is -2.17. The van der Waals surface area contributed by atoms with Gasteiger partial charge in [0.05, 0.1) is 22.3 Å². The molecule has 6 heteroatoms. The molecule has 0 amide bonds. The Morgan fingerprint density at radius 1 is 1.31 bits per heavy atom. The van der Waals surface area contributed by atoms with Crippen LogP contribution in [0.15, 0.2) is 29.2 Å². The van der Waals surface area contributed by atoms with Crippen LogP contribution in [0, 0.1) is 0 Å². The highest BCUT2D eigenvalue weighted by molar-refractivity contribution is 6.38. The van der Waals surface area contributed by atoms with Crippen molar-refractivity contribution in [1.82, 2.24) is 14.6 Å². The van der Waals surface area contributed by atoms with Crippen LogP contribution < -0.4 is 5.69 Å². The topological polar surface area (TPSA) is 50.2 Å². The zero-order valence-corrected chi connectivity index (χ0v) is 9.38. The van der Waals surface area contributed by atoms with Crippen LogP contribution in [0.5, 0.6) is 0 Å². The van der Waals surface area contributed by atoms with Gasteiger partial charge in [0.15, 0.2) is 0 Å². The normalized spacial score (nSPS) is 11.4. The number of benzene rings is 1. The van der Waals surface area contributed by atoms with Crippen molar-refractivity contribution in [3.8, 4) is 0 Å². The van der Waals surface area contributed by atoms with Crippen molar-refractivity contribution in [1.29, 1.82) is 0 Å². The van der Waals surface area contributed by atoms with Gasteiger partial charge in [-0.15, -0.1) is 0 Å². The molecule has 4 nitrogen and oxygen atoms in total. The van der Waals surface area contributed by atoms with E-state index in [2.05, 4.69) is 10.1 Å². The number of aromatic amines is 1. The molecule has 0 saturated carbocycles. The van der Waals surface area contributed by atoms with Crippen LogP contribution in [0.3, 0.4) is 0 Å². The van der Waals surface area contributed by atoms with E-state index in [0.717, 1.165) is 5.39 Å². The second-order valence-corrected chi connectivity index (χ2v) is 4.21. The minimum Gasteiger partial charge on any atom is -0.304 e. The monoisotopic (exact) mass is 253 g/mol. The smallest absolute Gasteiger partial charge is 0.304 e. The maximum absolute atomic E-state index is 11.6. The van der Waals surface area contributed by atoms with E-state index in [4.69, 9.17) is 23.2 Å². The molecule has 0 bridgehead atoms. The molecule has 3 aromatic rings. The maximum atomic E-state index is 11.6. The number of halogens is 2. The first-order valence-corrected chi connectivity index (χ1v) is 5.27. The second kappa shape index (κ2) is 3.23. The average molecular weight is 254 g/mol. The summed E-state index contributed by atoms with van der Waals surface area (Å²) in [6.45, 7) is 0. The molecule has 2 aromatic heterocycles. The zero-order chi connectivity index (χ0) is 11.3. The number of H-pyrrole nitrogens is 1. The fraction of sp³-hybridized carbons (Fsp3) is 0. The van der Waals surface area contributed by atoms with Crippen molar-refractivity contribution >= 4 is 39.6 Å². The molecule has 1 aromatic carbocycles. The predicted molar refractivity (Wildman–Crippen MR) is 63.3 cm³/mol. The van der Waals surface area contributed by atoms with E-state index >= 15 is 0 Å². The molecule has 16 heavy (non-hydrogen) atoms. The number of hydrogen-bond donors (Lipinski definition) is 1. The molecular weight excluding hydrogens is 249 g/mol. The largest absolute Gasteiger partial charge is 0.347 e. The molecule has 0 aliphatic heterocycles. The molecule has 0 aliphatic carbocycles. The minimum atomic E-state index is -0.322. The summed E-state index contributed by atoms with van der Waals surface area (Å²) < 4.78 is 1.27. The van der Waals surface area contributed by atoms with E-state index in [1.165, 1.54) is 4.52 Å². The zero-order valence-electron chi connectivity index (χ0n) is 7.87. The minimum absolute atomic E-state index is 0.322. The van der Waals surface area contributed by atoms with Gasteiger partial charge in [0, 0.05) is 10.4 Å². The van der Waals surface area contributed by atoms with Crippen molar-refractivity contribution in [2.24, 2.45) is 0 Å². The summed E-state index contributed by atoms with van der Waals surface area (Å²) in [6, 6.07) is 5.08. The first-order chi connectivity index (χ1) is 7.66. The lowest BCUT2D eigenvalue weighted by Gasteiger charge is -2.03. The summed E-state index contributed by atoms with van der Waals surface area (Å²) in [5.74, 6) is 0. The van der Waals surface area contributed by atoms with E-state index in [9.17, 15) is 4.79 Å². The molecule has 0 fully saturated rings. The summed E-state index contributed by atoms with van der Waals surface area (Å²) in [5.41, 5.74) is 0.934. The molecule has 1 N–H and O–H groups in total. The summed E-state index contributed by atoms with van der Waals surface area (Å²) in [4.78, 5) is 14.3. The molecule has 0 aliphatic rings. The van der Waals surface area contributed by atoms with Crippen LogP contribution in [0.1, 0.15) is 0 Å². The van der Waals surface area contributed by atoms with Gasteiger partial charge in [0.2, 0.25) is 0 Å². The number of fused-ring (bicyclic) bond motifs is 3. The van der Waals surface area contributed by atoms with Crippen molar-refractivity contribution in [3.63, 3.8) is 0 Å². The third-order valence-corrected chi connectivity index (χ3v) is 2.91. The Bertz CT molecular complexity index is 760. The highest BCUT2D eigenvalue weighted by atomic mass is 35.5. The van der Waals surface area contributed by atoms with Gasteiger partial charge < -0.3 is 4.98 Å². The molecular formula is C10H5Cl2N3O. The van der Waals surface area contributed by atoms with Crippen molar-refractivity contribution in [2.75, 3.05) is 0 Å². The van der Waals surface area contributed by atoms with Gasteiger partial charge in [-0.25, -0.2) is 4.79 Å². The van der Waals surface area contributed by atoms with E-state index in [1.807, 2.05) is 0 Å². The van der Waals surface area contributed by atoms with Gasteiger partial charge in [-0.05, 0) is 18.2 Å². The van der Waals surface area contributed by atoms with Crippen LogP contribution >= 0.6 is 23.2 Å². The lowest BCUT2D eigenvalue weighted by molar-refractivity contribution is 0.882. The van der Waals surface area contributed by atoms with Gasteiger partial charge in [-0.1, -0.05) is 23.2 Å². The fourth-order valence-corrected chi connectivity index (χ4v) is 2.27. The van der Waals surface area contributed by atoms with Gasteiger partial charge in [-0.3, -0.25) is 0 Å². The molecule has 0 radical (unpaired) electrons. The number of rotatable bonds is 0. The van der Waals surface area contributed by atoms with Crippen molar-refractivity contribution in [3.05, 3.63) is 44.9 Å². The molecule has 0 spiro atoms. The molecule has 3 rings (SSSR count). The third-order valence-electron chi connectivity index (χ3n) is 2.40. The summed E-state index contributed by atoms with van der Waals surface area (Å²) in [7, 11) is 0. The van der Waals surface area contributed by atoms with Crippen molar-refractivity contribution in [2.45, 2.75) is 0 Å². The fourth-order valence-electron chi connectivity index (χ4n) is 1.73. The Kier molecular flexibility index (Phi) is 1.96. The van der Waals surface area contributed by atoms with Crippen LogP contribution in [-0.4, -0.2) is 14.6 Å². The molecule has 80 valence electrons. The Morgan fingerprint density at radius 2 is 2.12 bits per heavy atom. The summed E-state index contributed by atoms with van der Waals surface area (Å²) in [5, 5.41) is 5.63. The van der Waals surface area contributed by atoms with Crippen LogP contribution in [0.4, 0.5) is 0 Å². The second-order valence-electron chi connectivity index (χ2n) is 3.37. The Morgan fingerprint density at radius 3 is 2.94 bits per heavy atom. The first-order valence-electron chi connectivity index (χ1n) is 4.51. The van der Waals surface area contributed by atoms with Gasteiger partial charge >= 0.3 is 5.69 Å². The molecule has 2 heterocycles. The number of nitrogens with one attached hydrogen (secondary N) is 1. The van der Waals surface area contributed by atoms with E-state index in [1.54, 1.807) is 24.4 Å². The Hall–Kier alpha value is -1.52. The van der Waals surface area contributed by atoms with Crippen molar-refractivity contribution < 1.29 is 0 Å². The van der Waals surface area contributed by atoms with E-state index < -0.39 is 0 Å². The van der Waals surface area contributed by atoms with Crippen LogP contribution in [0.25, 0.3) is 16.4 Å². The van der Waals surface area contributed by atoms with E-state index in [0.29, 0.717) is 21.1 Å². The van der Waals surface area contributed by atoms with Gasteiger partial charge in [0.25, 0.3) is 0 Å². The van der Waals surface area contributed by atoms with Gasteiger partial charge in [-0.2, -0.15) is 9.61 Å². The maximum Gasteiger partial charge on any atom is 0.347 e. The van der Waals surface area contributed by atoms with Crippen LogP contribution in [0.2, 0.25) is 10.0 Å². The van der Waals surface area contributed by atoms with Gasteiger partial charge in [0.1, 0.15) is 0 Å². The molecule has 0 atom stereocenters. The standard InChI is InChI=1S/C10H5Cl2N3O/c11-5-3-6-8-1-2-13-15(8)10(16)14-9(6)7(12)4-5/h1-4H,(H,14,16). The summed E-state index contributed by atoms with van der Waals surface area (Å²) >= 11 is 11.9. The SMILES string of the molecule is O=c1[nH]c2c(Cl)cc(Cl)cc2c2ccnn12. The van der Waals surface area contributed by atoms with E-state index in [-0.39, 0.29) is 5.69 Å². The van der Waals surface area contributed by atoms with Crippen LogP contribution in [-0.2, 0) is 0 Å². The number of nitrogens with zero attached hydrogens (tertiary/aromatic N) is 2. The molecule has 0 saturated heterocycles. The average Bonchev–Trinajstić information content (AvgIpc) is 2.69. The quantitative estimate of drug-likeness (QED) is 0.670.